The Balaban J connectivity index is 1.88. The molecule has 4 nitrogen and oxygen atoms in total. The number of aromatic nitrogens is 1. The van der Waals surface area contributed by atoms with Crippen LogP contribution in [-0.2, 0) is 0 Å². The Morgan fingerprint density at radius 3 is 2.29 bits per heavy atom. The third-order valence-corrected chi connectivity index (χ3v) is 3.07. The zero-order valence-corrected chi connectivity index (χ0v) is 11.2. The van der Waals surface area contributed by atoms with Gasteiger partial charge in [0.1, 0.15) is 11.5 Å². The molecule has 0 atom stereocenters. The predicted octanol–water partition coefficient (Wildman–Crippen LogP) is 3.90. The number of hydrogen-bond donors (Lipinski definition) is 3. The van der Waals surface area contributed by atoms with Crippen molar-refractivity contribution in [1.29, 1.82) is 0 Å². The average molecular weight is 278 g/mol. The van der Waals surface area contributed by atoms with Crippen LogP contribution in [0.4, 0.5) is 11.4 Å². The second-order valence-corrected chi connectivity index (χ2v) is 4.68. The van der Waals surface area contributed by atoms with Crippen LogP contribution in [0.5, 0.6) is 11.5 Å². The Bertz CT molecular complexity index is 755. The molecule has 0 aliphatic rings. The highest BCUT2D eigenvalue weighted by Gasteiger charge is 2.02. The van der Waals surface area contributed by atoms with Gasteiger partial charge < -0.3 is 15.5 Å². The first-order valence-corrected chi connectivity index (χ1v) is 6.51. The molecule has 2 aromatic carbocycles. The summed E-state index contributed by atoms with van der Waals surface area (Å²) in [7, 11) is 0. The van der Waals surface area contributed by atoms with E-state index in [1.807, 2.05) is 12.1 Å². The molecule has 0 aliphatic heterocycles. The molecule has 1 aromatic heterocycles. The molecule has 0 saturated heterocycles. The minimum absolute atomic E-state index is 0.226. The van der Waals surface area contributed by atoms with Crippen LogP contribution in [0, 0.1) is 0 Å². The van der Waals surface area contributed by atoms with Crippen molar-refractivity contribution in [3.63, 3.8) is 0 Å². The van der Waals surface area contributed by atoms with Gasteiger partial charge in [-0.05, 0) is 48.0 Å². The minimum Gasteiger partial charge on any atom is -0.508 e. The summed E-state index contributed by atoms with van der Waals surface area (Å²) in [5.74, 6) is 0.455. The van der Waals surface area contributed by atoms with Crippen LogP contribution in [0.25, 0.3) is 11.1 Å². The summed E-state index contributed by atoms with van der Waals surface area (Å²) in [5.41, 5.74) is 3.51. The molecule has 3 aromatic rings. The molecule has 1 heterocycles. The number of aromatic hydroxyl groups is 2. The van der Waals surface area contributed by atoms with Gasteiger partial charge in [-0.2, -0.15) is 0 Å². The Labute approximate surface area is 122 Å². The lowest BCUT2D eigenvalue weighted by molar-refractivity contribution is 0.475. The van der Waals surface area contributed by atoms with Gasteiger partial charge in [-0.3, -0.25) is 4.98 Å². The lowest BCUT2D eigenvalue weighted by Crippen LogP contribution is -1.91. The van der Waals surface area contributed by atoms with E-state index in [2.05, 4.69) is 10.3 Å². The normalized spacial score (nSPS) is 10.3. The summed E-state index contributed by atoms with van der Waals surface area (Å²) in [6.07, 6.45) is 3.47. The van der Waals surface area contributed by atoms with Gasteiger partial charge in [0.2, 0.25) is 0 Å². The van der Waals surface area contributed by atoms with Crippen LogP contribution in [0.2, 0.25) is 0 Å². The number of rotatable bonds is 3. The van der Waals surface area contributed by atoms with Crippen LogP contribution in [0.3, 0.4) is 0 Å². The van der Waals surface area contributed by atoms with Gasteiger partial charge in [0.05, 0.1) is 11.9 Å². The third kappa shape index (κ3) is 3.12. The smallest absolute Gasteiger partial charge is 0.116 e. The van der Waals surface area contributed by atoms with Gasteiger partial charge >= 0.3 is 0 Å². The lowest BCUT2D eigenvalue weighted by Gasteiger charge is -2.08. The van der Waals surface area contributed by atoms with Crippen molar-refractivity contribution in [2.75, 3.05) is 5.32 Å². The van der Waals surface area contributed by atoms with Crippen LogP contribution < -0.4 is 5.32 Å². The fourth-order valence-electron chi connectivity index (χ4n) is 2.06. The zero-order valence-electron chi connectivity index (χ0n) is 11.2. The Hall–Kier alpha value is -3.01. The van der Waals surface area contributed by atoms with Crippen molar-refractivity contribution in [3.05, 3.63) is 67.0 Å². The van der Waals surface area contributed by atoms with Gasteiger partial charge in [0, 0.05) is 17.4 Å². The fourth-order valence-corrected chi connectivity index (χ4v) is 2.06. The number of phenols is 2. The average Bonchev–Trinajstić information content (AvgIpc) is 2.50. The van der Waals surface area contributed by atoms with Crippen molar-refractivity contribution in [1.82, 2.24) is 4.98 Å². The highest BCUT2D eigenvalue weighted by Crippen LogP contribution is 2.26. The molecule has 0 radical (unpaired) electrons. The molecular weight excluding hydrogens is 264 g/mol. The molecule has 0 fully saturated rings. The Morgan fingerprint density at radius 2 is 1.52 bits per heavy atom. The summed E-state index contributed by atoms with van der Waals surface area (Å²) >= 11 is 0. The predicted molar refractivity (Wildman–Crippen MR) is 82.7 cm³/mol. The first kappa shape index (κ1) is 13.0. The number of hydrogen-bond acceptors (Lipinski definition) is 4. The number of benzene rings is 2. The van der Waals surface area contributed by atoms with Gasteiger partial charge in [-0.15, -0.1) is 0 Å². The maximum Gasteiger partial charge on any atom is 0.116 e. The Kier molecular flexibility index (Phi) is 3.43. The van der Waals surface area contributed by atoms with E-state index in [1.54, 1.807) is 54.9 Å². The molecule has 0 saturated carbocycles. The number of nitrogens with zero attached hydrogens (tertiary/aromatic N) is 1. The molecule has 0 unspecified atom stereocenters. The number of pyridine rings is 1. The molecule has 0 aliphatic carbocycles. The van der Waals surface area contributed by atoms with Crippen molar-refractivity contribution >= 4 is 11.4 Å². The molecule has 0 amide bonds. The molecule has 4 heteroatoms. The van der Waals surface area contributed by atoms with Crippen molar-refractivity contribution in [2.24, 2.45) is 0 Å². The first-order valence-electron chi connectivity index (χ1n) is 6.51. The van der Waals surface area contributed by atoms with E-state index in [9.17, 15) is 10.2 Å². The van der Waals surface area contributed by atoms with E-state index < -0.39 is 0 Å². The fraction of sp³-hybridized carbons (Fsp3) is 0. The highest BCUT2D eigenvalue weighted by atomic mass is 16.3. The highest BCUT2D eigenvalue weighted by molar-refractivity contribution is 5.70. The van der Waals surface area contributed by atoms with E-state index in [0.29, 0.717) is 0 Å². The summed E-state index contributed by atoms with van der Waals surface area (Å²) < 4.78 is 0. The van der Waals surface area contributed by atoms with E-state index in [-0.39, 0.29) is 11.5 Å². The monoisotopic (exact) mass is 278 g/mol. The number of phenolic OH excluding ortho intramolecular Hbond substituents is 2. The quantitative estimate of drug-likeness (QED) is 0.636. The maximum absolute atomic E-state index is 9.55. The van der Waals surface area contributed by atoms with Crippen LogP contribution in [0.15, 0.2) is 67.0 Å². The largest absolute Gasteiger partial charge is 0.508 e. The van der Waals surface area contributed by atoms with E-state index in [4.69, 9.17) is 0 Å². The molecule has 0 bridgehead atoms. The first-order chi connectivity index (χ1) is 10.2. The molecular formula is C17H14N2O2. The van der Waals surface area contributed by atoms with E-state index >= 15 is 0 Å². The summed E-state index contributed by atoms with van der Waals surface area (Å²) in [4.78, 5) is 4.21. The summed E-state index contributed by atoms with van der Waals surface area (Å²) in [6.45, 7) is 0. The molecule has 3 rings (SSSR count). The summed E-state index contributed by atoms with van der Waals surface area (Å²) in [6, 6.07) is 15.8. The van der Waals surface area contributed by atoms with Crippen molar-refractivity contribution < 1.29 is 10.2 Å². The van der Waals surface area contributed by atoms with Gasteiger partial charge in [-0.1, -0.05) is 12.1 Å². The maximum atomic E-state index is 9.55. The number of anilines is 2. The molecule has 3 N–H and O–H groups in total. The minimum atomic E-state index is 0.226. The second-order valence-electron chi connectivity index (χ2n) is 4.68. The molecule has 21 heavy (non-hydrogen) atoms. The van der Waals surface area contributed by atoms with Gasteiger partial charge in [-0.25, -0.2) is 0 Å². The zero-order chi connectivity index (χ0) is 14.7. The summed E-state index contributed by atoms with van der Waals surface area (Å²) in [5, 5.41) is 22.0. The Morgan fingerprint density at radius 1 is 0.714 bits per heavy atom. The van der Waals surface area contributed by atoms with Crippen molar-refractivity contribution in [2.45, 2.75) is 0 Å². The van der Waals surface area contributed by atoms with Crippen LogP contribution >= 0.6 is 0 Å². The van der Waals surface area contributed by atoms with Gasteiger partial charge in [0.15, 0.2) is 0 Å². The number of nitrogens with one attached hydrogen (secondary N) is 1. The van der Waals surface area contributed by atoms with Crippen molar-refractivity contribution in [3.8, 4) is 22.6 Å². The molecule has 0 spiro atoms. The molecule has 104 valence electrons. The van der Waals surface area contributed by atoms with E-state index in [0.717, 1.165) is 22.5 Å². The SMILES string of the molecule is Oc1ccc(Nc2cncc(-c3cccc(O)c3)c2)cc1. The van der Waals surface area contributed by atoms with Crippen LogP contribution in [0.1, 0.15) is 0 Å². The van der Waals surface area contributed by atoms with E-state index in [1.165, 1.54) is 0 Å². The third-order valence-electron chi connectivity index (χ3n) is 3.07. The standard InChI is InChI=1S/C17H14N2O2/c20-16-6-4-14(5-7-16)19-15-8-13(10-18-11-15)12-2-1-3-17(21)9-12/h1-11,19-21H. The van der Waals surface area contributed by atoms with Crippen LogP contribution in [-0.4, -0.2) is 15.2 Å². The lowest BCUT2D eigenvalue weighted by atomic mass is 10.1. The topological polar surface area (TPSA) is 65.4 Å². The van der Waals surface area contributed by atoms with Gasteiger partial charge in [0.25, 0.3) is 0 Å². The second kappa shape index (κ2) is 5.54.